The van der Waals surface area contributed by atoms with E-state index in [1.807, 2.05) is 0 Å². The van der Waals surface area contributed by atoms with Crippen LogP contribution in [0.2, 0.25) is 10.0 Å². The Balaban J connectivity index is 1.75. The first-order chi connectivity index (χ1) is 15.3. The minimum Gasteiger partial charge on any atom is -0.462 e. The molecule has 2 aromatic heterocycles. The number of nitrogens with one attached hydrogen (secondary N) is 1. The fraction of sp³-hybridized carbons (Fsp3) is 0.348. The van der Waals surface area contributed by atoms with E-state index in [1.54, 1.807) is 32.0 Å². The van der Waals surface area contributed by atoms with Gasteiger partial charge in [0.2, 0.25) is 0 Å². The van der Waals surface area contributed by atoms with Crippen LogP contribution in [0.4, 0.5) is 5.00 Å². The van der Waals surface area contributed by atoms with Gasteiger partial charge in [-0.3, -0.25) is 4.79 Å². The average Bonchev–Trinajstić information content (AvgIpc) is 3.27. The number of aryl methyl sites for hydroxylation is 1. The zero-order valence-corrected chi connectivity index (χ0v) is 20.2. The number of benzene rings is 1. The zero-order chi connectivity index (χ0) is 23.0. The van der Waals surface area contributed by atoms with Crippen molar-refractivity contribution in [1.29, 1.82) is 0 Å². The summed E-state index contributed by atoms with van der Waals surface area (Å²) in [7, 11) is 0. The molecule has 0 unspecified atom stereocenters. The highest BCUT2D eigenvalue weighted by atomic mass is 35.5. The second-order valence-corrected chi connectivity index (χ2v) is 9.71. The number of amides is 1. The molecule has 9 heteroatoms. The Labute approximate surface area is 199 Å². The standard InChI is InChI=1S/C23H22Cl2N2O4S/c1-4-30-23(29)18-13-9-8-11(2)10-16(13)32-22(18)26-21(28)17-12(3)31-27-20(17)19-14(24)6-5-7-15(19)25/h5-7,11H,4,8-10H2,1-3H3,(H,26,28)/t11-/m0/s1. The summed E-state index contributed by atoms with van der Waals surface area (Å²) in [6.45, 7) is 5.85. The Morgan fingerprint density at radius 1 is 1.28 bits per heavy atom. The van der Waals surface area contributed by atoms with Gasteiger partial charge in [-0.1, -0.05) is 41.3 Å². The second kappa shape index (κ2) is 9.25. The van der Waals surface area contributed by atoms with Gasteiger partial charge in [0.25, 0.3) is 5.91 Å². The fourth-order valence-corrected chi connectivity index (χ4v) is 5.93. The van der Waals surface area contributed by atoms with Gasteiger partial charge in [0, 0.05) is 10.4 Å². The molecular formula is C23H22Cl2N2O4S. The Kier molecular flexibility index (Phi) is 6.60. The van der Waals surface area contributed by atoms with Crippen LogP contribution in [0.25, 0.3) is 11.3 Å². The van der Waals surface area contributed by atoms with E-state index < -0.39 is 11.9 Å². The van der Waals surface area contributed by atoms with Gasteiger partial charge in [0.05, 0.1) is 22.2 Å². The third kappa shape index (κ3) is 4.17. The maximum absolute atomic E-state index is 13.4. The summed E-state index contributed by atoms with van der Waals surface area (Å²) in [6.07, 6.45) is 2.64. The number of esters is 1. The zero-order valence-electron chi connectivity index (χ0n) is 17.9. The van der Waals surface area contributed by atoms with E-state index in [0.29, 0.717) is 37.9 Å². The number of anilines is 1. The van der Waals surface area contributed by atoms with Gasteiger partial charge < -0.3 is 14.6 Å². The summed E-state index contributed by atoms with van der Waals surface area (Å²) in [5, 5.41) is 8.13. The maximum Gasteiger partial charge on any atom is 0.341 e. The van der Waals surface area contributed by atoms with Crippen LogP contribution in [0.3, 0.4) is 0 Å². The van der Waals surface area contributed by atoms with Gasteiger partial charge in [-0.15, -0.1) is 11.3 Å². The summed E-state index contributed by atoms with van der Waals surface area (Å²) in [5.74, 6) is -0.0339. The maximum atomic E-state index is 13.4. The number of carbonyl (C=O) groups excluding carboxylic acids is 2. The molecule has 6 nitrogen and oxygen atoms in total. The average molecular weight is 493 g/mol. The lowest BCUT2D eigenvalue weighted by atomic mass is 9.88. The Bertz CT molecular complexity index is 1180. The van der Waals surface area contributed by atoms with Crippen LogP contribution in [0, 0.1) is 12.8 Å². The molecule has 1 aromatic carbocycles. The van der Waals surface area contributed by atoms with Crippen molar-refractivity contribution in [2.75, 3.05) is 11.9 Å². The van der Waals surface area contributed by atoms with Crippen molar-refractivity contribution in [1.82, 2.24) is 5.16 Å². The number of aromatic nitrogens is 1. The molecular weight excluding hydrogens is 471 g/mol. The van der Waals surface area contributed by atoms with E-state index in [1.165, 1.54) is 11.3 Å². The van der Waals surface area contributed by atoms with Crippen molar-refractivity contribution in [3.05, 3.63) is 55.6 Å². The lowest BCUT2D eigenvalue weighted by Crippen LogP contribution is -2.17. The van der Waals surface area contributed by atoms with Crippen LogP contribution in [0.1, 0.15) is 57.2 Å². The van der Waals surface area contributed by atoms with Crippen molar-refractivity contribution in [2.24, 2.45) is 5.92 Å². The first kappa shape index (κ1) is 22.8. The SMILES string of the molecule is CCOC(=O)c1c(NC(=O)c2c(-c3c(Cl)cccc3Cl)noc2C)sc2c1CC[C@H](C)C2. The highest BCUT2D eigenvalue weighted by Crippen LogP contribution is 2.41. The molecule has 0 spiro atoms. The third-order valence-electron chi connectivity index (χ3n) is 5.51. The van der Waals surface area contributed by atoms with Crippen molar-refractivity contribution in [2.45, 2.75) is 40.0 Å². The van der Waals surface area contributed by atoms with Gasteiger partial charge in [-0.05, 0) is 56.7 Å². The lowest BCUT2D eigenvalue weighted by molar-refractivity contribution is 0.0526. The summed E-state index contributed by atoms with van der Waals surface area (Å²) >= 11 is 14.1. The first-order valence-electron chi connectivity index (χ1n) is 10.3. The van der Waals surface area contributed by atoms with E-state index in [4.69, 9.17) is 32.5 Å². The van der Waals surface area contributed by atoms with Crippen molar-refractivity contribution >= 4 is 51.4 Å². The van der Waals surface area contributed by atoms with Crippen molar-refractivity contribution < 1.29 is 18.8 Å². The Morgan fingerprint density at radius 3 is 2.69 bits per heavy atom. The minimum atomic E-state index is -0.452. The number of nitrogens with zero attached hydrogens (tertiary/aromatic N) is 1. The smallest absolute Gasteiger partial charge is 0.341 e. The molecule has 0 bridgehead atoms. The van der Waals surface area contributed by atoms with Crippen LogP contribution < -0.4 is 5.32 Å². The van der Waals surface area contributed by atoms with Gasteiger partial charge in [0.1, 0.15) is 22.0 Å². The molecule has 1 amide bonds. The highest BCUT2D eigenvalue weighted by Gasteiger charge is 2.31. The third-order valence-corrected chi connectivity index (χ3v) is 7.31. The molecule has 168 valence electrons. The number of carbonyl (C=O) groups is 2. The van der Waals surface area contributed by atoms with E-state index in [9.17, 15) is 9.59 Å². The molecule has 32 heavy (non-hydrogen) atoms. The molecule has 0 saturated carbocycles. The number of ether oxygens (including phenoxy) is 1. The molecule has 0 aliphatic heterocycles. The molecule has 0 saturated heterocycles. The monoisotopic (exact) mass is 492 g/mol. The number of fused-ring (bicyclic) bond motifs is 1. The Hall–Kier alpha value is -2.35. The predicted octanol–water partition coefficient (Wildman–Crippen LogP) is 6.57. The molecule has 1 N–H and O–H groups in total. The van der Waals surface area contributed by atoms with E-state index in [0.717, 1.165) is 29.7 Å². The normalized spacial score (nSPS) is 15.3. The fourth-order valence-electron chi connectivity index (χ4n) is 3.96. The van der Waals surface area contributed by atoms with Gasteiger partial charge in [0.15, 0.2) is 0 Å². The lowest BCUT2D eigenvalue weighted by Gasteiger charge is -2.18. The van der Waals surface area contributed by atoms with Crippen LogP contribution in [-0.4, -0.2) is 23.6 Å². The van der Waals surface area contributed by atoms with Crippen LogP contribution in [0.15, 0.2) is 22.7 Å². The molecule has 1 atom stereocenters. The quantitative estimate of drug-likeness (QED) is 0.407. The van der Waals surface area contributed by atoms with Gasteiger partial charge in [-0.25, -0.2) is 4.79 Å². The molecule has 2 heterocycles. The Morgan fingerprint density at radius 2 is 2.00 bits per heavy atom. The summed E-state index contributed by atoms with van der Waals surface area (Å²) in [6, 6.07) is 5.05. The molecule has 3 aromatic rings. The summed E-state index contributed by atoms with van der Waals surface area (Å²) in [5.41, 5.74) is 2.30. The van der Waals surface area contributed by atoms with Crippen LogP contribution in [-0.2, 0) is 17.6 Å². The van der Waals surface area contributed by atoms with Crippen LogP contribution >= 0.6 is 34.5 Å². The highest BCUT2D eigenvalue weighted by molar-refractivity contribution is 7.17. The number of thiophene rings is 1. The van der Waals surface area contributed by atoms with E-state index in [-0.39, 0.29) is 17.9 Å². The predicted molar refractivity (Wildman–Crippen MR) is 126 cm³/mol. The molecule has 4 rings (SSSR count). The minimum absolute atomic E-state index is 0.217. The molecule has 1 aliphatic rings. The summed E-state index contributed by atoms with van der Waals surface area (Å²) < 4.78 is 10.6. The number of hydrogen-bond acceptors (Lipinski definition) is 6. The topological polar surface area (TPSA) is 81.4 Å². The van der Waals surface area contributed by atoms with Gasteiger partial charge >= 0.3 is 5.97 Å². The molecule has 1 aliphatic carbocycles. The van der Waals surface area contributed by atoms with E-state index >= 15 is 0 Å². The van der Waals surface area contributed by atoms with Crippen molar-refractivity contribution in [3.63, 3.8) is 0 Å². The molecule has 0 fully saturated rings. The van der Waals surface area contributed by atoms with E-state index in [2.05, 4.69) is 17.4 Å². The summed E-state index contributed by atoms with van der Waals surface area (Å²) in [4.78, 5) is 27.2. The number of hydrogen-bond donors (Lipinski definition) is 1. The largest absolute Gasteiger partial charge is 0.462 e. The molecule has 0 radical (unpaired) electrons. The van der Waals surface area contributed by atoms with Gasteiger partial charge in [-0.2, -0.15) is 0 Å². The first-order valence-corrected chi connectivity index (χ1v) is 11.9. The number of halogens is 2. The second-order valence-electron chi connectivity index (χ2n) is 7.79. The van der Waals surface area contributed by atoms with Crippen LogP contribution in [0.5, 0.6) is 0 Å². The van der Waals surface area contributed by atoms with Crippen molar-refractivity contribution in [3.8, 4) is 11.3 Å². The number of rotatable bonds is 5.